The molecule has 0 spiro atoms. The summed E-state index contributed by atoms with van der Waals surface area (Å²) in [6.07, 6.45) is 0. The quantitative estimate of drug-likeness (QED) is 0.753. The third-order valence-corrected chi connectivity index (χ3v) is 4.29. The van der Waals surface area contributed by atoms with Crippen LogP contribution in [0.4, 0.5) is 11.4 Å². The number of anilines is 2. The first kappa shape index (κ1) is 17.7. The highest BCUT2D eigenvalue weighted by atomic mass is 35.5. The third-order valence-electron chi connectivity index (χ3n) is 2.73. The van der Waals surface area contributed by atoms with Gasteiger partial charge in [0.2, 0.25) is 11.8 Å². The molecule has 2 aromatic carbocycles. The van der Waals surface area contributed by atoms with Crippen molar-refractivity contribution in [3.8, 4) is 0 Å². The Hall–Kier alpha value is -1.69. The predicted octanol–water partition coefficient (Wildman–Crippen LogP) is 4.68. The van der Waals surface area contributed by atoms with Gasteiger partial charge in [-0.25, -0.2) is 0 Å². The van der Waals surface area contributed by atoms with Crippen LogP contribution in [-0.4, -0.2) is 17.6 Å². The Labute approximate surface area is 148 Å². The Morgan fingerprint density at radius 2 is 1.87 bits per heavy atom. The van der Waals surface area contributed by atoms with E-state index >= 15 is 0 Å². The molecule has 0 saturated heterocycles. The number of amides is 2. The zero-order chi connectivity index (χ0) is 16.8. The molecule has 0 unspecified atom stereocenters. The van der Waals surface area contributed by atoms with Gasteiger partial charge in [-0.3, -0.25) is 9.59 Å². The van der Waals surface area contributed by atoms with Gasteiger partial charge in [0.25, 0.3) is 0 Å². The fourth-order valence-electron chi connectivity index (χ4n) is 1.80. The first-order valence-electron chi connectivity index (χ1n) is 6.69. The first-order chi connectivity index (χ1) is 10.9. The van der Waals surface area contributed by atoms with Crippen LogP contribution < -0.4 is 10.6 Å². The van der Waals surface area contributed by atoms with Crippen molar-refractivity contribution in [2.24, 2.45) is 0 Å². The van der Waals surface area contributed by atoms with Crippen LogP contribution in [0.25, 0.3) is 0 Å². The SMILES string of the molecule is CC(=O)Nc1cccc(SCC(=O)Nc2cc(Cl)ccc2Cl)c1. The molecule has 2 amide bonds. The second-order valence-electron chi connectivity index (χ2n) is 4.67. The molecule has 0 aliphatic rings. The second-order valence-corrected chi connectivity index (χ2v) is 6.56. The Balaban J connectivity index is 1.94. The lowest BCUT2D eigenvalue weighted by Gasteiger charge is -2.08. The minimum absolute atomic E-state index is 0.138. The zero-order valence-electron chi connectivity index (χ0n) is 12.2. The maximum atomic E-state index is 12.0. The lowest BCUT2D eigenvalue weighted by atomic mass is 10.3. The van der Waals surface area contributed by atoms with E-state index in [-0.39, 0.29) is 17.6 Å². The molecule has 0 atom stereocenters. The van der Waals surface area contributed by atoms with E-state index in [1.54, 1.807) is 24.3 Å². The maximum absolute atomic E-state index is 12.0. The van der Waals surface area contributed by atoms with Gasteiger partial charge in [-0.05, 0) is 36.4 Å². The number of hydrogen-bond acceptors (Lipinski definition) is 3. The van der Waals surface area contributed by atoms with Crippen molar-refractivity contribution in [1.82, 2.24) is 0 Å². The minimum Gasteiger partial charge on any atom is -0.326 e. The molecule has 120 valence electrons. The summed E-state index contributed by atoms with van der Waals surface area (Å²) in [5.41, 5.74) is 1.18. The fourth-order valence-corrected chi connectivity index (χ4v) is 2.89. The van der Waals surface area contributed by atoms with Crippen molar-refractivity contribution in [3.05, 3.63) is 52.5 Å². The van der Waals surface area contributed by atoms with Gasteiger partial charge in [-0.2, -0.15) is 0 Å². The molecule has 7 heteroatoms. The van der Waals surface area contributed by atoms with E-state index in [1.807, 2.05) is 18.2 Å². The van der Waals surface area contributed by atoms with Gasteiger partial charge in [-0.1, -0.05) is 29.3 Å². The summed E-state index contributed by atoms with van der Waals surface area (Å²) >= 11 is 13.2. The maximum Gasteiger partial charge on any atom is 0.234 e. The molecule has 0 fully saturated rings. The van der Waals surface area contributed by atoms with E-state index in [0.717, 1.165) is 4.90 Å². The number of rotatable bonds is 5. The minimum atomic E-state index is -0.191. The number of halogens is 2. The van der Waals surface area contributed by atoms with Crippen molar-refractivity contribution < 1.29 is 9.59 Å². The third kappa shape index (κ3) is 5.78. The zero-order valence-corrected chi connectivity index (χ0v) is 14.6. The Morgan fingerprint density at radius 3 is 2.61 bits per heavy atom. The highest BCUT2D eigenvalue weighted by molar-refractivity contribution is 8.00. The van der Waals surface area contributed by atoms with E-state index in [0.29, 0.717) is 21.4 Å². The number of hydrogen-bond donors (Lipinski definition) is 2. The lowest BCUT2D eigenvalue weighted by molar-refractivity contribution is -0.114. The summed E-state index contributed by atoms with van der Waals surface area (Å²) in [6.45, 7) is 1.45. The number of carbonyl (C=O) groups excluding carboxylic acids is 2. The topological polar surface area (TPSA) is 58.2 Å². The van der Waals surface area contributed by atoms with Gasteiger partial charge in [0.1, 0.15) is 0 Å². The average molecular weight is 369 g/mol. The standard InChI is InChI=1S/C16H14Cl2N2O2S/c1-10(21)19-12-3-2-4-13(8-12)23-9-16(22)20-15-7-11(17)5-6-14(15)18/h2-8H,9H2,1H3,(H,19,21)(H,20,22). The number of benzene rings is 2. The molecule has 0 bridgehead atoms. The van der Waals surface area contributed by atoms with Crippen LogP contribution >= 0.6 is 35.0 Å². The van der Waals surface area contributed by atoms with Crippen molar-refractivity contribution in [1.29, 1.82) is 0 Å². The van der Waals surface area contributed by atoms with Gasteiger partial charge in [-0.15, -0.1) is 11.8 Å². The normalized spacial score (nSPS) is 10.2. The lowest BCUT2D eigenvalue weighted by Crippen LogP contribution is -2.14. The highest BCUT2D eigenvalue weighted by Crippen LogP contribution is 2.26. The molecule has 0 aliphatic carbocycles. The molecule has 2 aromatic rings. The number of nitrogens with one attached hydrogen (secondary N) is 2. The molecule has 0 heterocycles. The van der Waals surface area contributed by atoms with Crippen LogP contribution in [0.1, 0.15) is 6.92 Å². The van der Waals surface area contributed by atoms with E-state index in [1.165, 1.54) is 18.7 Å². The fraction of sp³-hybridized carbons (Fsp3) is 0.125. The number of thioether (sulfide) groups is 1. The average Bonchev–Trinajstić information content (AvgIpc) is 2.49. The molecule has 0 radical (unpaired) electrons. The molecular weight excluding hydrogens is 355 g/mol. The largest absolute Gasteiger partial charge is 0.326 e. The van der Waals surface area contributed by atoms with E-state index in [4.69, 9.17) is 23.2 Å². The van der Waals surface area contributed by atoms with E-state index in [2.05, 4.69) is 10.6 Å². The summed E-state index contributed by atoms with van der Waals surface area (Å²) in [4.78, 5) is 23.9. The molecule has 0 aromatic heterocycles. The summed E-state index contributed by atoms with van der Waals surface area (Å²) in [6, 6.07) is 12.2. The molecule has 0 aliphatic heterocycles. The van der Waals surface area contributed by atoms with Crippen LogP contribution in [0.5, 0.6) is 0 Å². The molecule has 4 nitrogen and oxygen atoms in total. The van der Waals surface area contributed by atoms with Crippen molar-refractivity contribution in [3.63, 3.8) is 0 Å². The van der Waals surface area contributed by atoms with Gasteiger partial charge in [0.15, 0.2) is 0 Å². The van der Waals surface area contributed by atoms with Gasteiger partial charge >= 0.3 is 0 Å². The monoisotopic (exact) mass is 368 g/mol. The van der Waals surface area contributed by atoms with Crippen LogP contribution in [0.15, 0.2) is 47.4 Å². The van der Waals surface area contributed by atoms with Crippen molar-refractivity contribution >= 4 is 58.2 Å². The molecule has 23 heavy (non-hydrogen) atoms. The molecule has 2 rings (SSSR count). The number of carbonyl (C=O) groups is 2. The predicted molar refractivity (Wildman–Crippen MR) is 96.6 cm³/mol. The van der Waals surface area contributed by atoms with Crippen molar-refractivity contribution in [2.75, 3.05) is 16.4 Å². The molecule has 0 saturated carbocycles. The molecule has 2 N–H and O–H groups in total. The second kappa shape index (κ2) is 8.24. The Bertz CT molecular complexity index is 738. The van der Waals surface area contributed by atoms with Crippen LogP contribution in [0, 0.1) is 0 Å². The van der Waals surface area contributed by atoms with Crippen LogP contribution in [-0.2, 0) is 9.59 Å². The van der Waals surface area contributed by atoms with Gasteiger partial charge in [0.05, 0.1) is 16.5 Å². The van der Waals surface area contributed by atoms with Gasteiger partial charge < -0.3 is 10.6 Å². The Kier molecular flexibility index (Phi) is 6.33. The summed E-state index contributed by atoms with van der Waals surface area (Å²) in [7, 11) is 0. The van der Waals surface area contributed by atoms with Crippen LogP contribution in [0.3, 0.4) is 0 Å². The van der Waals surface area contributed by atoms with Crippen LogP contribution in [0.2, 0.25) is 10.0 Å². The van der Waals surface area contributed by atoms with Gasteiger partial charge in [0, 0.05) is 22.5 Å². The summed E-state index contributed by atoms with van der Waals surface area (Å²) in [5, 5.41) is 6.35. The smallest absolute Gasteiger partial charge is 0.234 e. The highest BCUT2D eigenvalue weighted by Gasteiger charge is 2.08. The Morgan fingerprint density at radius 1 is 1.09 bits per heavy atom. The summed E-state index contributed by atoms with van der Waals surface area (Å²) < 4.78 is 0. The van der Waals surface area contributed by atoms with E-state index < -0.39 is 0 Å². The van der Waals surface area contributed by atoms with E-state index in [9.17, 15) is 9.59 Å². The van der Waals surface area contributed by atoms with Crippen molar-refractivity contribution in [2.45, 2.75) is 11.8 Å². The first-order valence-corrected chi connectivity index (χ1v) is 8.43. The molecular formula is C16H14Cl2N2O2S. The summed E-state index contributed by atoms with van der Waals surface area (Å²) in [5.74, 6) is -0.114.